The lowest BCUT2D eigenvalue weighted by atomic mass is 9.80. The number of dihydropyridines is 1. The summed E-state index contributed by atoms with van der Waals surface area (Å²) in [5.74, 6) is -18.7. The van der Waals surface area contributed by atoms with Crippen molar-refractivity contribution in [3.63, 3.8) is 0 Å². The summed E-state index contributed by atoms with van der Waals surface area (Å²) in [5, 5.41) is 7.06. The summed E-state index contributed by atoms with van der Waals surface area (Å²) in [6.07, 6.45) is -7.26. The van der Waals surface area contributed by atoms with Gasteiger partial charge in [-0.3, -0.25) is 10.1 Å². The maximum absolute atomic E-state index is 14.2. The predicted octanol–water partition coefficient (Wildman–Crippen LogP) is 4.62. The number of hydrogen-bond donors (Lipinski definition) is 1. The number of benzene rings is 1. The van der Waals surface area contributed by atoms with E-state index in [1.807, 2.05) is 0 Å². The zero-order chi connectivity index (χ0) is 34.9. The molecule has 21 heteroatoms. The molecule has 1 unspecified atom stereocenters. The Hall–Kier alpha value is -3.88. The molecule has 1 aliphatic heterocycles. The van der Waals surface area contributed by atoms with Crippen LogP contribution in [0.1, 0.15) is 32.3 Å². The molecule has 0 radical (unpaired) electrons. The number of nitrogens with zero attached hydrogens (tertiary/aromatic N) is 2. The number of nitrogens with one attached hydrogen (secondary N) is 1. The largest absolute Gasteiger partial charge is 0.463 e. The van der Waals surface area contributed by atoms with E-state index >= 15 is 0 Å². The molecule has 0 amide bonds. The third-order valence-electron chi connectivity index (χ3n) is 6.38. The number of halogens is 9. The first-order chi connectivity index (χ1) is 20.4. The van der Waals surface area contributed by atoms with Crippen LogP contribution in [0.15, 0.2) is 46.8 Å². The number of likely N-dealkylation sites (N-methyl/N-ethyl adjacent to an activating group) is 1. The molecule has 0 saturated carbocycles. The van der Waals surface area contributed by atoms with Gasteiger partial charge in [0.25, 0.3) is 15.7 Å². The fourth-order valence-electron chi connectivity index (χ4n) is 4.08. The minimum atomic E-state index is -7.47. The van der Waals surface area contributed by atoms with Crippen molar-refractivity contribution in [3.8, 4) is 0 Å². The summed E-state index contributed by atoms with van der Waals surface area (Å²) in [6.45, 7) is 1.32. The first-order valence-corrected chi connectivity index (χ1v) is 13.8. The van der Waals surface area contributed by atoms with Crippen LogP contribution in [-0.4, -0.2) is 79.7 Å². The van der Waals surface area contributed by atoms with Crippen LogP contribution in [0, 0.1) is 10.1 Å². The summed E-state index contributed by atoms with van der Waals surface area (Å²) in [6, 6.07) is 4.64. The molecule has 11 nitrogen and oxygen atoms in total. The fourth-order valence-corrected chi connectivity index (χ4v) is 5.24. The number of non-ortho nitro benzene ring substituents is 1. The highest BCUT2D eigenvalue weighted by atomic mass is 32.2. The molecule has 0 spiro atoms. The van der Waals surface area contributed by atoms with Crippen LogP contribution in [0.4, 0.5) is 45.2 Å². The Morgan fingerprint density at radius 3 is 1.93 bits per heavy atom. The van der Waals surface area contributed by atoms with Gasteiger partial charge in [0.05, 0.1) is 28.6 Å². The Morgan fingerprint density at radius 1 is 0.956 bits per heavy atom. The molecule has 1 aliphatic rings. The van der Waals surface area contributed by atoms with E-state index in [1.54, 1.807) is 0 Å². The normalized spacial score (nSPS) is 16.9. The first-order valence-electron chi connectivity index (χ1n) is 12.3. The lowest BCUT2D eigenvalue weighted by Gasteiger charge is -2.34. The van der Waals surface area contributed by atoms with Crippen LogP contribution >= 0.6 is 0 Å². The molecule has 252 valence electrons. The van der Waals surface area contributed by atoms with Crippen LogP contribution in [0.25, 0.3) is 0 Å². The van der Waals surface area contributed by atoms with Gasteiger partial charge in [-0.2, -0.15) is 43.8 Å². The van der Waals surface area contributed by atoms with Crippen molar-refractivity contribution in [2.75, 3.05) is 26.8 Å². The number of rotatable bonds is 12. The van der Waals surface area contributed by atoms with E-state index in [0.717, 1.165) is 12.1 Å². The van der Waals surface area contributed by atoms with E-state index in [4.69, 9.17) is 9.47 Å². The monoisotopic (exact) mass is 685 g/mol. The molecule has 0 aromatic heterocycles. The summed E-state index contributed by atoms with van der Waals surface area (Å²) in [4.78, 5) is 36.6. The van der Waals surface area contributed by atoms with Gasteiger partial charge < -0.3 is 14.8 Å². The summed E-state index contributed by atoms with van der Waals surface area (Å²) < 4.78 is 153. The Balaban J connectivity index is 2.41. The molecule has 45 heavy (non-hydrogen) atoms. The Morgan fingerprint density at radius 2 is 1.47 bits per heavy atom. The maximum Gasteiger partial charge on any atom is 0.460 e. The van der Waals surface area contributed by atoms with Gasteiger partial charge in [0, 0.05) is 37.1 Å². The van der Waals surface area contributed by atoms with E-state index in [-0.39, 0.29) is 36.2 Å². The third kappa shape index (κ3) is 6.72. The lowest BCUT2D eigenvalue weighted by Crippen LogP contribution is -2.65. The highest BCUT2D eigenvalue weighted by Crippen LogP contribution is 2.55. The number of nitro groups is 1. The van der Waals surface area contributed by atoms with Crippen molar-refractivity contribution in [3.05, 3.63) is 62.5 Å². The summed E-state index contributed by atoms with van der Waals surface area (Å²) in [7, 11) is -6.82. The van der Waals surface area contributed by atoms with Crippen molar-refractivity contribution in [2.24, 2.45) is 0 Å². The first kappa shape index (κ1) is 37.3. The topological polar surface area (TPSA) is 145 Å². The maximum atomic E-state index is 14.2. The zero-order valence-corrected chi connectivity index (χ0v) is 24.3. The van der Waals surface area contributed by atoms with Crippen LogP contribution in [0.3, 0.4) is 0 Å². The Bertz CT molecular complexity index is 1530. The SMILES string of the molecule is CCOC(=O)C1=C(C)NC(C)=C(C(=O)OCCN(C)S(=O)(=O)C(F)(F)C(F)(F)C(F)(F)C(F)(F)F)C1c1cccc([N+](=O)[O-])c1. The van der Waals surface area contributed by atoms with Crippen LogP contribution in [0.2, 0.25) is 0 Å². The average molecular weight is 686 g/mol. The van der Waals surface area contributed by atoms with Gasteiger partial charge in [-0.05, 0) is 26.3 Å². The number of allylic oxidation sites excluding steroid dienone is 2. The van der Waals surface area contributed by atoms with Gasteiger partial charge in [-0.1, -0.05) is 12.1 Å². The van der Waals surface area contributed by atoms with Gasteiger partial charge in [0.15, 0.2) is 0 Å². The second-order valence-electron chi connectivity index (χ2n) is 9.33. The number of ether oxygens (including phenoxy) is 2. The minimum absolute atomic E-state index is 0.00781. The van der Waals surface area contributed by atoms with Crippen molar-refractivity contribution in [1.29, 1.82) is 0 Å². The third-order valence-corrected chi connectivity index (χ3v) is 8.29. The summed E-state index contributed by atoms with van der Waals surface area (Å²) >= 11 is 0. The van der Waals surface area contributed by atoms with E-state index in [2.05, 4.69) is 5.32 Å². The molecule has 0 aliphatic carbocycles. The highest BCUT2D eigenvalue weighted by molar-refractivity contribution is 7.90. The number of nitro benzene ring substituents is 1. The van der Waals surface area contributed by atoms with Crippen molar-refractivity contribution in [2.45, 2.75) is 50.0 Å². The highest BCUT2D eigenvalue weighted by Gasteiger charge is 2.85. The van der Waals surface area contributed by atoms with Crippen LogP contribution in [0.5, 0.6) is 0 Å². The molecule has 1 aromatic carbocycles. The van der Waals surface area contributed by atoms with E-state index in [0.29, 0.717) is 0 Å². The molecular weight excluding hydrogens is 661 g/mol. The number of carbonyl (C=O) groups excluding carboxylic acids is 2. The lowest BCUT2D eigenvalue weighted by molar-refractivity contribution is -0.384. The molecule has 1 N–H and O–H groups in total. The number of alkyl halides is 9. The van der Waals surface area contributed by atoms with Crippen LogP contribution in [-0.2, 0) is 29.1 Å². The predicted molar refractivity (Wildman–Crippen MR) is 134 cm³/mol. The quantitative estimate of drug-likeness (QED) is 0.144. The average Bonchev–Trinajstić information content (AvgIpc) is 2.91. The second kappa shape index (κ2) is 12.9. The van der Waals surface area contributed by atoms with E-state index in [1.165, 1.54) is 32.9 Å². The van der Waals surface area contributed by atoms with Gasteiger partial charge in [-0.25, -0.2) is 18.0 Å². The van der Waals surface area contributed by atoms with Gasteiger partial charge >= 0.3 is 35.2 Å². The second-order valence-corrected chi connectivity index (χ2v) is 11.4. The standard InChI is InChI=1S/C24H24F9N3O8S/c1-5-43-19(37)16-12(2)34-13(3)17(18(16)14-7-6-8-15(11-14)36(39)40)20(38)44-10-9-35(4)45(41,42)24(32,33)22(27,28)21(25,26)23(29,30)31/h6-8,11,18,34H,5,9-10H2,1-4H3. The Kier molecular flexibility index (Phi) is 10.7. The van der Waals surface area contributed by atoms with E-state index in [9.17, 15) is 67.6 Å². The summed E-state index contributed by atoms with van der Waals surface area (Å²) in [5.41, 5.74) is -0.977. The van der Waals surface area contributed by atoms with Crippen LogP contribution < -0.4 is 5.32 Å². The molecule has 1 atom stereocenters. The Labute approximate surface area is 248 Å². The van der Waals surface area contributed by atoms with Gasteiger partial charge in [0.2, 0.25) is 0 Å². The van der Waals surface area contributed by atoms with E-state index < -0.39 is 84.8 Å². The van der Waals surface area contributed by atoms with Crippen molar-refractivity contribution in [1.82, 2.24) is 9.62 Å². The molecule has 0 bridgehead atoms. The number of sulfonamides is 1. The van der Waals surface area contributed by atoms with Crippen molar-refractivity contribution < 1.29 is 71.9 Å². The fraction of sp³-hybridized carbons (Fsp3) is 0.500. The number of hydrogen-bond acceptors (Lipinski definition) is 9. The number of esters is 2. The molecule has 0 fully saturated rings. The molecule has 0 saturated heterocycles. The van der Waals surface area contributed by atoms with Gasteiger partial charge in [0.1, 0.15) is 6.61 Å². The molecule has 2 rings (SSSR count). The number of carbonyl (C=O) groups is 2. The zero-order valence-electron chi connectivity index (χ0n) is 23.5. The molecule has 1 heterocycles. The molecule has 1 aromatic rings. The van der Waals surface area contributed by atoms with Crippen molar-refractivity contribution >= 4 is 27.6 Å². The minimum Gasteiger partial charge on any atom is -0.463 e. The van der Waals surface area contributed by atoms with Gasteiger partial charge in [-0.15, -0.1) is 0 Å². The molecular formula is C24H24F9N3O8S. The smallest absolute Gasteiger partial charge is 0.460 e.